The van der Waals surface area contributed by atoms with E-state index in [0.717, 1.165) is 6.42 Å². The first-order chi connectivity index (χ1) is 15.4. The second-order valence-electron chi connectivity index (χ2n) is 7.17. The zero-order valence-electron chi connectivity index (χ0n) is 17.9. The number of nitrogens with one attached hydrogen (secondary N) is 3. The lowest BCUT2D eigenvalue weighted by Gasteiger charge is -2.14. The SMILES string of the molecule is CCC(C)Oc1cccc(C(=O)NC(=S)Nc2cccc(NC(=O)c3ccccc3)c2)c1. The number of carbonyl (C=O) groups is 2. The summed E-state index contributed by atoms with van der Waals surface area (Å²) in [5, 5.41) is 8.62. The van der Waals surface area contributed by atoms with Crippen molar-refractivity contribution in [3.05, 3.63) is 90.0 Å². The molecule has 0 aliphatic heterocycles. The minimum atomic E-state index is -0.342. The Bertz CT molecular complexity index is 1100. The molecule has 1 unspecified atom stereocenters. The predicted octanol–water partition coefficient (Wildman–Crippen LogP) is 5.24. The first kappa shape index (κ1) is 23.0. The smallest absolute Gasteiger partial charge is 0.257 e. The van der Waals surface area contributed by atoms with Gasteiger partial charge in [0.25, 0.3) is 11.8 Å². The Morgan fingerprint density at radius 1 is 0.844 bits per heavy atom. The van der Waals surface area contributed by atoms with Crippen LogP contribution in [0.25, 0.3) is 0 Å². The van der Waals surface area contributed by atoms with E-state index in [-0.39, 0.29) is 23.0 Å². The Hall–Kier alpha value is -3.71. The van der Waals surface area contributed by atoms with Crippen molar-refractivity contribution in [2.75, 3.05) is 10.6 Å². The second kappa shape index (κ2) is 11.1. The third-order valence-corrected chi connectivity index (χ3v) is 4.85. The Kier molecular flexibility index (Phi) is 7.94. The minimum absolute atomic E-state index is 0.0608. The van der Waals surface area contributed by atoms with Gasteiger partial charge in [-0.25, -0.2) is 0 Å². The maximum Gasteiger partial charge on any atom is 0.257 e. The molecule has 0 radical (unpaired) electrons. The fourth-order valence-electron chi connectivity index (χ4n) is 2.83. The van der Waals surface area contributed by atoms with Gasteiger partial charge in [0.2, 0.25) is 0 Å². The third-order valence-electron chi connectivity index (χ3n) is 4.65. The molecule has 3 aromatic carbocycles. The van der Waals surface area contributed by atoms with Crippen LogP contribution in [0, 0.1) is 0 Å². The van der Waals surface area contributed by atoms with Crippen LogP contribution in [0.4, 0.5) is 11.4 Å². The number of anilines is 2. The predicted molar refractivity (Wildman–Crippen MR) is 131 cm³/mol. The van der Waals surface area contributed by atoms with Gasteiger partial charge in [0.15, 0.2) is 5.11 Å². The van der Waals surface area contributed by atoms with Crippen molar-refractivity contribution < 1.29 is 14.3 Å². The molecular weight excluding hydrogens is 422 g/mol. The van der Waals surface area contributed by atoms with Gasteiger partial charge >= 0.3 is 0 Å². The van der Waals surface area contributed by atoms with Crippen LogP contribution in [-0.4, -0.2) is 23.0 Å². The summed E-state index contributed by atoms with van der Waals surface area (Å²) in [4.78, 5) is 24.9. The molecule has 0 saturated carbocycles. The van der Waals surface area contributed by atoms with Gasteiger partial charge in [-0.05, 0) is 74.1 Å². The zero-order chi connectivity index (χ0) is 22.9. The molecule has 3 N–H and O–H groups in total. The molecule has 3 aromatic rings. The van der Waals surface area contributed by atoms with Gasteiger partial charge in [0.1, 0.15) is 5.75 Å². The topological polar surface area (TPSA) is 79.5 Å². The molecule has 7 heteroatoms. The highest BCUT2D eigenvalue weighted by Crippen LogP contribution is 2.18. The summed E-state index contributed by atoms with van der Waals surface area (Å²) in [6.45, 7) is 4.01. The number of benzene rings is 3. The molecule has 6 nitrogen and oxygen atoms in total. The van der Waals surface area contributed by atoms with E-state index in [1.54, 1.807) is 66.7 Å². The standard InChI is InChI=1S/C25H25N3O3S/c1-3-17(2)31-22-14-7-11-19(15-22)24(30)28-25(32)27-21-13-8-12-20(16-21)26-23(29)18-9-5-4-6-10-18/h4-17H,3H2,1-2H3,(H,26,29)(H2,27,28,30,32). The van der Waals surface area contributed by atoms with E-state index >= 15 is 0 Å². The van der Waals surface area contributed by atoms with Crippen LogP contribution in [0.5, 0.6) is 5.75 Å². The van der Waals surface area contributed by atoms with Crippen molar-refractivity contribution in [2.45, 2.75) is 26.4 Å². The molecule has 3 rings (SSSR count). The quantitative estimate of drug-likeness (QED) is 0.432. The third kappa shape index (κ3) is 6.65. The van der Waals surface area contributed by atoms with Crippen LogP contribution < -0.4 is 20.7 Å². The Morgan fingerprint density at radius 3 is 2.22 bits per heavy atom. The van der Waals surface area contributed by atoms with Crippen LogP contribution in [-0.2, 0) is 0 Å². The first-order valence-corrected chi connectivity index (χ1v) is 10.7. The fraction of sp³-hybridized carbons (Fsp3) is 0.160. The molecule has 0 aliphatic rings. The highest BCUT2D eigenvalue weighted by atomic mass is 32.1. The summed E-state index contributed by atoms with van der Waals surface area (Å²) in [5.74, 6) is 0.0801. The molecule has 0 aromatic heterocycles. The molecule has 32 heavy (non-hydrogen) atoms. The summed E-state index contributed by atoms with van der Waals surface area (Å²) >= 11 is 5.28. The van der Waals surface area contributed by atoms with Crippen molar-refractivity contribution in [1.82, 2.24) is 5.32 Å². The number of hydrogen-bond donors (Lipinski definition) is 3. The van der Waals surface area contributed by atoms with E-state index in [9.17, 15) is 9.59 Å². The average Bonchev–Trinajstić information content (AvgIpc) is 2.79. The fourth-order valence-corrected chi connectivity index (χ4v) is 3.04. The number of carbonyl (C=O) groups excluding carboxylic acids is 2. The molecule has 0 saturated heterocycles. The monoisotopic (exact) mass is 447 g/mol. The Morgan fingerprint density at radius 2 is 1.50 bits per heavy atom. The molecule has 0 heterocycles. The number of thiocarbonyl (C=S) groups is 1. The van der Waals surface area contributed by atoms with Gasteiger partial charge in [-0.2, -0.15) is 0 Å². The zero-order valence-corrected chi connectivity index (χ0v) is 18.7. The van der Waals surface area contributed by atoms with Crippen molar-refractivity contribution >= 4 is 40.5 Å². The summed E-state index contributed by atoms with van der Waals surface area (Å²) in [6, 6.07) is 23.0. The van der Waals surface area contributed by atoms with Crippen molar-refractivity contribution in [2.24, 2.45) is 0 Å². The van der Waals surface area contributed by atoms with Crippen molar-refractivity contribution in [3.8, 4) is 5.75 Å². The number of ether oxygens (including phenoxy) is 1. The Balaban J connectivity index is 1.59. The van der Waals surface area contributed by atoms with Gasteiger partial charge in [-0.3, -0.25) is 14.9 Å². The molecule has 0 aliphatic carbocycles. The van der Waals surface area contributed by atoms with E-state index in [4.69, 9.17) is 17.0 Å². The van der Waals surface area contributed by atoms with Gasteiger partial charge in [-0.1, -0.05) is 37.3 Å². The van der Waals surface area contributed by atoms with E-state index < -0.39 is 0 Å². The first-order valence-electron chi connectivity index (χ1n) is 10.3. The second-order valence-corrected chi connectivity index (χ2v) is 7.58. The van der Waals surface area contributed by atoms with Crippen LogP contribution >= 0.6 is 12.2 Å². The van der Waals surface area contributed by atoms with Gasteiger partial charge in [0, 0.05) is 22.5 Å². The van der Waals surface area contributed by atoms with Crippen molar-refractivity contribution in [3.63, 3.8) is 0 Å². The summed E-state index contributed by atoms with van der Waals surface area (Å²) in [6.07, 6.45) is 0.931. The van der Waals surface area contributed by atoms with Crippen LogP contribution in [0.3, 0.4) is 0 Å². The average molecular weight is 448 g/mol. The molecule has 2 amide bonds. The molecule has 164 valence electrons. The highest BCUT2D eigenvalue weighted by Gasteiger charge is 2.11. The van der Waals surface area contributed by atoms with E-state index in [1.807, 2.05) is 26.0 Å². The van der Waals surface area contributed by atoms with Crippen LogP contribution in [0.2, 0.25) is 0 Å². The lowest BCUT2D eigenvalue weighted by molar-refractivity contribution is 0.0975. The molecule has 0 fully saturated rings. The normalized spacial score (nSPS) is 11.2. The summed E-state index contributed by atoms with van der Waals surface area (Å²) in [5.41, 5.74) is 2.25. The van der Waals surface area contributed by atoms with E-state index in [1.165, 1.54) is 0 Å². The van der Waals surface area contributed by atoms with Crippen molar-refractivity contribution in [1.29, 1.82) is 0 Å². The molecule has 0 bridgehead atoms. The summed E-state index contributed by atoms with van der Waals surface area (Å²) < 4.78 is 5.77. The number of hydrogen-bond acceptors (Lipinski definition) is 4. The molecule has 0 spiro atoms. The van der Waals surface area contributed by atoms with E-state index in [2.05, 4.69) is 16.0 Å². The van der Waals surface area contributed by atoms with Crippen LogP contribution in [0.1, 0.15) is 41.0 Å². The van der Waals surface area contributed by atoms with Gasteiger partial charge < -0.3 is 15.4 Å². The maximum absolute atomic E-state index is 12.6. The largest absolute Gasteiger partial charge is 0.491 e. The van der Waals surface area contributed by atoms with Gasteiger partial charge in [-0.15, -0.1) is 0 Å². The van der Waals surface area contributed by atoms with Crippen LogP contribution in [0.15, 0.2) is 78.9 Å². The Labute approximate surface area is 193 Å². The lowest BCUT2D eigenvalue weighted by Crippen LogP contribution is -2.34. The number of rotatable bonds is 7. The number of amides is 2. The highest BCUT2D eigenvalue weighted by molar-refractivity contribution is 7.80. The summed E-state index contributed by atoms with van der Waals surface area (Å²) in [7, 11) is 0. The van der Waals surface area contributed by atoms with Gasteiger partial charge in [0.05, 0.1) is 6.10 Å². The minimum Gasteiger partial charge on any atom is -0.491 e. The molecule has 1 atom stereocenters. The maximum atomic E-state index is 12.6. The molecular formula is C25H25N3O3S. The lowest BCUT2D eigenvalue weighted by atomic mass is 10.2. The van der Waals surface area contributed by atoms with E-state index in [0.29, 0.717) is 28.3 Å².